The van der Waals surface area contributed by atoms with Crippen molar-refractivity contribution >= 4 is 5.91 Å². The molecule has 1 amide bonds. The summed E-state index contributed by atoms with van der Waals surface area (Å²) in [5.41, 5.74) is 0.622. The van der Waals surface area contributed by atoms with Crippen LogP contribution < -0.4 is 20.2 Å². The zero-order valence-corrected chi connectivity index (χ0v) is 12.4. The molecule has 0 aliphatic carbocycles. The van der Waals surface area contributed by atoms with Gasteiger partial charge in [-0.2, -0.15) is 0 Å². The number of carbonyl (C=O) groups excluding carboxylic acids is 1. The second kappa shape index (κ2) is 7.31. The van der Waals surface area contributed by atoms with Crippen molar-refractivity contribution in [1.82, 2.24) is 5.32 Å². The molecule has 0 aliphatic rings. The van der Waals surface area contributed by atoms with Crippen molar-refractivity contribution in [3.05, 3.63) is 58.1 Å². The molecule has 22 heavy (non-hydrogen) atoms. The van der Waals surface area contributed by atoms with E-state index in [-0.39, 0.29) is 23.7 Å². The average molecular weight is 303 g/mol. The van der Waals surface area contributed by atoms with E-state index in [1.54, 1.807) is 14.0 Å². The van der Waals surface area contributed by atoms with Crippen LogP contribution in [0.5, 0.6) is 11.5 Å². The van der Waals surface area contributed by atoms with Crippen LogP contribution in [0.15, 0.2) is 45.8 Å². The molecule has 2 aromatic rings. The van der Waals surface area contributed by atoms with Crippen LogP contribution in [0.2, 0.25) is 0 Å². The lowest BCUT2D eigenvalue weighted by Crippen LogP contribution is -2.29. The molecule has 0 radical (unpaired) electrons. The Morgan fingerprint density at radius 2 is 1.95 bits per heavy atom. The quantitative estimate of drug-likeness (QED) is 0.878. The molecule has 0 saturated heterocycles. The van der Waals surface area contributed by atoms with E-state index >= 15 is 0 Å². The fourth-order valence-electron chi connectivity index (χ4n) is 1.81. The number of benzene rings is 1. The van der Waals surface area contributed by atoms with E-state index in [0.717, 1.165) is 11.3 Å². The van der Waals surface area contributed by atoms with Crippen LogP contribution in [0, 0.1) is 6.92 Å². The summed E-state index contributed by atoms with van der Waals surface area (Å²) in [5, 5.41) is 2.71. The van der Waals surface area contributed by atoms with Crippen molar-refractivity contribution in [2.45, 2.75) is 13.5 Å². The molecule has 0 saturated carbocycles. The molecule has 2 rings (SSSR count). The number of carbonyl (C=O) groups is 1. The van der Waals surface area contributed by atoms with Crippen molar-refractivity contribution in [2.75, 3.05) is 13.7 Å². The van der Waals surface area contributed by atoms with Crippen LogP contribution in [-0.4, -0.2) is 19.6 Å². The Morgan fingerprint density at radius 1 is 1.23 bits per heavy atom. The van der Waals surface area contributed by atoms with Crippen LogP contribution in [0.4, 0.5) is 0 Å². The predicted octanol–water partition coefficient (Wildman–Crippen LogP) is 1.65. The van der Waals surface area contributed by atoms with Gasteiger partial charge in [0.1, 0.15) is 11.5 Å². The normalized spacial score (nSPS) is 10.1. The Labute approximate surface area is 127 Å². The van der Waals surface area contributed by atoms with Gasteiger partial charge in [-0.05, 0) is 24.6 Å². The number of amides is 1. The summed E-state index contributed by atoms with van der Waals surface area (Å²) in [5.74, 6) is 0.834. The summed E-state index contributed by atoms with van der Waals surface area (Å²) in [4.78, 5) is 23.3. The predicted molar refractivity (Wildman–Crippen MR) is 80.1 cm³/mol. The van der Waals surface area contributed by atoms with Crippen molar-refractivity contribution < 1.29 is 18.7 Å². The van der Waals surface area contributed by atoms with E-state index in [9.17, 15) is 9.59 Å². The van der Waals surface area contributed by atoms with Gasteiger partial charge in [-0.3, -0.25) is 9.59 Å². The van der Waals surface area contributed by atoms with Gasteiger partial charge in [0.2, 0.25) is 11.2 Å². The number of rotatable bonds is 6. The van der Waals surface area contributed by atoms with Crippen molar-refractivity contribution in [3.63, 3.8) is 0 Å². The minimum absolute atomic E-state index is 0.0575. The van der Waals surface area contributed by atoms with Gasteiger partial charge in [-0.25, -0.2) is 0 Å². The van der Waals surface area contributed by atoms with Gasteiger partial charge in [0.25, 0.3) is 5.91 Å². The van der Waals surface area contributed by atoms with Gasteiger partial charge < -0.3 is 19.2 Å². The van der Waals surface area contributed by atoms with Crippen LogP contribution in [0.3, 0.4) is 0 Å². The highest BCUT2D eigenvalue weighted by Gasteiger charge is 2.09. The third-order valence-corrected chi connectivity index (χ3v) is 3.00. The molecule has 1 heterocycles. The van der Waals surface area contributed by atoms with Gasteiger partial charge in [-0.15, -0.1) is 0 Å². The standard InChI is InChI=1S/C16H17NO5/c1-11-16(14(18)7-8-21-11)22-10-15(19)17-9-12-3-5-13(20-2)6-4-12/h3-8H,9-10H2,1-2H3,(H,17,19). The molecule has 0 unspecified atom stereocenters. The molecular formula is C16H17NO5. The molecule has 0 spiro atoms. The highest BCUT2D eigenvalue weighted by atomic mass is 16.5. The summed E-state index contributed by atoms with van der Waals surface area (Å²) < 4.78 is 15.3. The molecule has 0 bridgehead atoms. The summed E-state index contributed by atoms with van der Waals surface area (Å²) in [6.45, 7) is 1.73. The van der Waals surface area contributed by atoms with Crippen LogP contribution in [-0.2, 0) is 11.3 Å². The third kappa shape index (κ3) is 4.12. The van der Waals surface area contributed by atoms with Crippen molar-refractivity contribution in [1.29, 1.82) is 0 Å². The molecule has 1 aromatic heterocycles. The molecule has 0 aliphatic heterocycles. The number of methoxy groups -OCH3 is 1. The number of hydrogen-bond acceptors (Lipinski definition) is 5. The lowest BCUT2D eigenvalue weighted by molar-refractivity contribution is -0.123. The maximum atomic E-state index is 11.7. The molecule has 1 N–H and O–H groups in total. The lowest BCUT2D eigenvalue weighted by atomic mass is 10.2. The first kappa shape index (κ1) is 15.6. The van der Waals surface area contributed by atoms with Gasteiger partial charge in [0.15, 0.2) is 6.61 Å². The van der Waals surface area contributed by atoms with E-state index in [1.165, 1.54) is 12.3 Å². The van der Waals surface area contributed by atoms with E-state index in [2.05, 4.69) is 5.32 Å². The van der Waals surface area contributed by atoms with Gasteiger partial charge in [0.05, 0.1) is 13.4 Å². The molecule has 6 heteroatoms. The second-order valence-electron chi connectivity index (χ2n) is 4.58. The lowest BCUT2D eigenvalue weighted by Gasteiger charge is -2.08. The Kier molecular flexibility index (Phi) is 5.19. The van der Waals surface area contributed by atoms with Crippen LogP contribution >= 0.6 is 0 Å². The highest BCUT2D eigenvalue weighted by Crippen LogP contribution is 2.11. The summed E-state index contributed by atoms with van der Waals surface area (Å²) in [6.07, 6.45) is 1.29. The average Bonchev–Trinajstić information content (AvgIpc) is 2.53. The number of nitrogens with one attached hydrogen (secondary N) is 1. The van der Waals surface area contributed by atoms with Crippen molar-refractivity contribution in [3.8, 4) is 11.5 Å². The minimum atomic E-state index is -0.321. The monoisotopic (exact) mass is 303 g/mol. The Morgan fingerprint density at radius 3 is 2.59 bits per heavy atom. The fraction of sp³-hybridized carbons (Fsp3) is 0.250. The summed E-state index contributed by atoms with van der Waals surface area (Å²) in [7, 11) is 1.59. The van der Waals surface area contributed by atoms with Gasteiger partial charge in [0, 0.05) is 12.6 Å². The Bertz CT molecular complexity index is 690. The first-order valence-corrected chi connectivity index (χ1v) is 6.71. The van der Waals surface area contributed by atoms with E-state index in [1.807, 2.05) is 24.3 Å². The SMILES string of the molecule is COc1ccc(CNC(=O)COc2c(C)occc2=O)cc1. The molecular weight excluding hydrogens is 286 g/mol. The maximum Gasteiger partial charge on any atom is 0.258 e. The number of hydrogen-bond donors (Lipinski definition) is 1. The number of aryl methyl sites for hydroxylation is 1. The van der Waals surface area contributed by atoms with Crippen molar-refractivity contribution in [2.24, 2.45) is 0 Å². The van der Waals surface area contributed by atoms with Crippen LogP contribution in [0.25, 0.3) is 0 Å². The largest absolute Gasteiger partial charge is 0.497 e. The molecule has 0 fully saturated rings. The van der Waals surface area contributed by atoms with E-state index in [4.69, 9.17) is 13.9 Å². The fourth-order valence-corrected chi connectivity index (χ4v) is 1.81. The van der Waals surface area contributed by atoms with E-state index in [0.29, 0.717) is 12.3 Å². The van der Waals surface area contributed by atoms with Gasteiger partial charge in [-0.1, -0.05) is 12.1 Å². The molecule has 116 valence electrons. The Hall–Kier alpha value is -2.76. The van der Waals surface area contributed by atoms with E-state index < -0.39 is 0 Å². The third-order valence-electron chi connectivity index (χ3n) is 3.00. The smallest absolute Gasteiger partial charge is 0.258 e. The molecule has 6 nitrogen and oxygen atoms in total. The first-order valence-electron chi connectivity index (χ1n) is 6.71. The summed E-state index contributed by atoms with van der Waals surface area (Å²) in [6, 6.07) is 8.59. The highest BCUT2D eigenvalue weighted by molar-refractivity contribution is 5.77. The van der Waals surface area contributed by atoms with Gasteiger partial charge >= 0.3 is 0 Å². The summed E-state index contributed by atoms with van der Waals surface area (Å²) >= 11 is 0. The minimum Gasteiger partial charge on any atom is -0.497 e. The zero-order chi connectivity index (χ0) is 15.9. The second-order valence-corrected chi connectivity index (χ2v) is 4.58. The molecule has 0 atom stereocenters. The topological polar surface area (TPSA) is 77.8 Å². The first-order chi connectivity index (χ1) is 10.6. The number of ether oxygens (including phenoxy) is 2. The Balaban J connectivity index is 1.84. The molecule has 1 aromatic carbocycles. The van der Waals surface area contributed by atoms with Crippen LogP contribution in [0.1, 0.15) is 11.3 Å². The zero-order valence-electron chi connectivity index (χ0n) is 12.4. The maximum absolute atomic E-state index is 11.7.